The molecule has 0 atom stereocenters. The van der Waals surface area contributed by atoms with Crippen LogP contribution >= 0.6 is 16.5 Å². The molecule has 0 saturated heterocycles. The van der Waals surface area contributed by atoms with Crippen LogP contribution in [0.3, 0.4) is 0 Å². The number of hydrogen-bond acceptors (Lipinski definition) is 0. The first kappa shape index (κ1) is 18.9. The number of halogens is 10. The molecule has 0 aliphatic heterocycles. The Kier molecular flexibility index (Phi) is 5.40. The Morgan fingerprint density at radius 3 is 0.667 bits per heavy atom. The van der Waals surface area contributed by atoms with E-state index in [1.54, 1.807) is 0 Å². The van der Waals surface area contributed by atoms with Crippen molar-refractivity contribution in [2.45, 2.75) is 0 Å². The standard InChI is InChI=1S/C12F10P2/c13-1-3(15)7(19)11(8(20)4(1)16)23-24-12-9(21)5(17)2(14)6(18)10(12)22. The molecular formula is C12F10P2. The van der Waals surface area contributed by atoms with Gasteiger partial charge in [0.15, 0.2) is 46.5 Å². The molecule has 2 radical (unpaired) electrons. The Hall–Kier alpha value is -1.40. The molecule has 2 aromatic carbocycles. The first-order valence-electron chi connectivity index (χ1n) is 5.54. The molecule has 0 saturated carbocycles. The maximum atomic E-state index is 13.4. The van der Waals surface area contributed by atoms with Gasteiger partial charge in [-0.05, 0) is 0 Å². The summed E-state index contributed by atoms with van der Waals surface area (Å²) in [7, 11) is -1.85. The molecule has 0 unspecified atom stereocenters. The molecule has 0 amide bonds. The van der Waals surface area contributed by atoms with E-state index in [9.17, 15) is 43.9 Å². The lowest BCUT2D eigenvalue weighted by molar-refractivity contribution is 0.384. The fourth-order valence-corrected chi connectivity index (χ4v) is 4.06. The van der Waals surface area contributed by atoms with E-state index >= 15 is 0 Å². The molecule has 2 aromatic rings. The molecule has 0 aromatic heterocycles. The molecule has 128 valence electrons. The van der Waals surface area contributed by atoms with E-state index < -0.39 is 85.3 Å². The summed E-state index contributed by atoms with van der Waals surface area (Å²) in [5, 5.41) is -2.95. The van der Waals surface area contributed by atoms with Gasteiger partial charge in [-0.3, -0.25) is 0 Å². The minimum Gasteiger partial charge on any atom is -0.203 e. The molecule has 0 nitrogen and oxygen atoms in total. The highest BCUT2D eigenvalue weighted by molar-refractivity contribution is 8.18. The van der Waals surface area contributed by atoms with Crippen molar-refractivity contribution in [1.82, 2.24) is 0 Å². The Bertz CT molecular complexity index is 708. The molecule has 12 heteroatoms. The first-order valence-corrected chi connectivity index (χ1v) is 8.03. The molecule has 2 rings (SSSR count). The van der Waals surface area contributed by atoms with E-state index in [-0.39, 0.29) is 0 Å². The predicted octanol–water partition coefficient (Wildman–Crippen LogP) is 4.84. The zero-order chi connectivity index (χ0) is 18.3. The van der Waals surface area contributed by atoms with Crippen molar-refractivity contribution in [3.8, 4) is 0 Å². The van der Waals surface area contributed by atoms with E-state index in [1.165, 1.54) is 0 Å². The van der Waals surface area contributed by atoms with Crippen LogP contribution < -0.4 is 10.6 Å². The number of hydrogen-bond donors (Lipinski definition) is 0. The van der Waals surface area contributed by atoms with Gasteiger partial charge >= 0.3 is 0 Å². The molecule has 0 heterocycles. The zero-order valence-corrected chi connectivity index (χ0v) is 12.5. The second-order valence-electron chi connectivity index (χ2n) is 4.04. The van der Waals surface area contributed by atoms with E-state index in [2.05, 4.69) is 0 Å². The molecule has 24 heavy (non-hydrogen) atoms. The summed E-state index contributed by atoms with van der Waals surface area (Å²) in [6, 6.07) is 0. The van der Waals surface area contributed by atoms with Crippen molar-refractivity contribution < 1.29 is 43.9 Å². The van der Waals surface area contributed by atoms with Crippen LogP contribution in [-0.4, -0.2) is 0 Å². The van der Waals surface area contributed by atoms with E-state index in [4.69, 9.17) is 0 Å². The normalized spacial score (nSPS) is 12.2. The highest BCUT2D eigenvalue weighted by atomic mass is 32.0. The van der Waals surface area contributed by atoms with Gasteiger partial charge in [0, 0.05) is 16.5 Å². The predicted molar refractivity (Wildman–Crippen MR) is 65.6 cm³/mol. The van der Waals surface area contributed by atoms with E-state index in [0.717, 1.165) is 0 Å². The molecule has 0 N–H and O–H groups in total. The third-order valence-electron chi connectivity index (χ3n) is 2.62. The van der Waals surface area contributed by atoms with Crippen LogP contribution in [0, 0.1) is 58.2 Å². The summed E-state index contributed by atoms with van der Waals surface area (Å²) < 4.78 is 131. The van der Waals surface area contributed by atoms with Crippen molar-refractivity contribution >= 4 is 27.1 Å². The van der Waals surface area contributed by atoms with Gasteiger partial charge in [0.05, 0.1) is 10.6 Å². The van der Waals surface area contributed by atoms with Crippen molar-refractivity contribution in [3.63, 3.8) is 0 Å². The average Bonchev–Trinajstić information content (AvgIpc) is 2.57. The van der Waals surface area contributed by atoms with Crippen LogP contribution in [0.4, 0.5) is 43.9 Å². The summed E-state index contributed by atoms with van der Waals surface area (Å²) in [4.78, 5) is 0. The van der Waals surface area contributed by atoms with Crippen LogP contribution in [0.15, 0.2) is 0 Å². The van der Waals surface area contributed by atoms with Gasteiger partial charge in [0.25, 0.3) is 0 Å². The van der Waals surface area contributed by atoms with Crippen molar-refractivity contribution in [3.05, 3.63) is 58.2 Å². The molecule has 0 aliphatic carbocycles. The van der Waals surface area contributed by atoms with Crippen molar-refractivity contribution in [1.29, 1.82) is 0 Å². The SMILES string of the molecule is Fc1c(F)c(F)c([P][P]c2c(F)c(F)c(F)c(F)c2F)c(F)c1F. The molecule has 0 bridgehead atoms. The third kappa shape index (κ3) is 2.97. The second-order valence-corrected chi connectivity index (χ2v) is 6.53. The average molecular weight is 396 g/mol. The summed E-state index contributed by atoms with van der Waals surface area (Å²) in [6.07, 6.45) is 0. The molecule has 0 aliphatic rings. The number of rotatable bonds is 3. The van der Waals surface area contributed by atoms with Crippen LogP contribution in [0.25, 0.3) is 0 Å². The number of benzene rings is 2. The van der Waals surface area contributed by atoms with Gasteiger partial charge < -0.3 is 0 Å². The van der Waals surface area contributed by atoms with Crippen LogP contribution in [0.5, 0.6) is 0 Å². The van der Waals surface area contributed by atoms with Gasteiger partial charge in [-0.15, -0.1) is 0 Å². The van der Waals surface area contributed by atoms with Gasteiger partial charge in [-0.1, -0.05) is 0 Å². The lowest BCUT2D eigenvalue weighted by Gasteiger charge is -2.09. The Morgan fingerprint density at radius 1 is 0.292 bits per heavy atom. The second kappa shape index (κ2) is 6.84. The summed E-state index contributed by atoms with van der Waals surface area (Å²) >= 11 is 0. The highest BCUT2D eigenvalue weighted by Crippen LogP contribution is 2.40. The first-order chi connectivity index (χ1) is 11.1. The van der Waals surface area contributed by atoms with Crippen LogP contribution in [0.2, 0.25) is 0 Å². The monoisotopic (exact) mass is 396 g/mol. The quantitative estimate of drug-likeness (QED) is 0.302. The molecule has 0 spiro atoms. The summed E-state index contributed by atoms with van der Waals surface area (Å²) in [5.41, 5.74) is 0. The van der Waals surface area contributed by atoms with Gasteiger partial charge in [-0.2, -0.15) is 0 Å². The van der Waals surface area contributed by atoms with E-state index in [1.807, 2.05) is 0 Å². The van der Waals surface area contributed by atoms with Crippen molar-refractivity contribution in [2.24, 2.45) is 0 Å². The Balaban J connectivity index is 2.48. The Morgan fingerprint density at radius 2 is 0.458 bits per heavy atom. The molecular weight excluding hydrogens is 396 g/mol. The maximum Gasteiger partial charge on any atom is 0.200 e. The zero-order valence-electron chi connectivity index (χ0n) is 10.7. The van der Waals surface area contributed by atoms with Crippen LogP contribution in [0.1, 0.15) is 0 Å². The van der Waals surface area contributed by atoms with Crippen LogP contribution in [-0.2, 0) is 0 Å². The highest BCUT2D eigenvalue weighted by Gasteiger charge is 2.29. The lowest BCUT2D eigenvalue weighted by Crippen LogP contribution is -2.18. The third-order valence-corrected chi connectivity index (χ3v) is 5.41. The lowest BCUT2D eigenvalue weighted by atomic mass is 10.3. The fourth-order valence-electron chi connectivity index (χ4n) is 1.46. The fraction of sp³-hybridized carbons (Fsp3) is 0. The largest absolute Gasteiger partial charge is 0.203 e. The van der Waals surface area contributed by atoms with E-state index in [0.29, 0.717) is 0 Å². The topological polar surface area (TPSA) is 0 Å². The minimum absolute atomic E-state index is 0.927. The Labute approximate surface area is 130 Å². The smallest absolute Gasteiger partial charge is 0.200 e. The maximum absolute atomic E-state index is 13.4. The summed E-state index contributed by atoms with van der Waals surface area (Å²) in [6.45, 7) is 0. The molecule has 0 fully saturated rings. The summed E-state index contributed by atoms with van der Waals surface area (Å²) in [5.74, 6) is -23.2. The van der Waals surface area contributed by atoms with Gasteiger partial charge in [0.2, 0.25) is 11.6 Å². The van der Waals surface area contributed by atoms with Gasteiger partial charge in [-0.25, -0.2) is 43.9 Å². The van der Waals surface area contributed by atoms with Gasteiger partial charge in [0.1, 0.15) is 0 Å². The minimum atomic E-state index is -2.45. The van der Waals surface area contributed by atoms with Crippen molar-refractivity contribution in [2.75, 3.05) is 0 Å².